The van der Waals surface area contributed by atoms with Crippen LogP contribution in [0.15, 0.2) is 35.1 Å². The molecule has 0 saturated carbocycles. The molecule has 2 aromatic rings. The Labute approximate surface area is 89.5 Å². The Bertz CT molecular complexity index is 377. The van der Waals surface area contributed by atoms with Gasteiger partial charge in [-0.05, 0) is 25.1 Å². The molecule has 0 spiro atoms. The molecule has 0 aliphatic rings. The van der Waals surface area contributed by atoms with Gasteiger partial charge in [0.25, 0.3) is 0 Å². The molecule has 0 N–H and O–H groups in total. The van der Waals surface area contributed by atoms with E-state index in [1.165, 1.54) is 15.3 Å². The molecule has 13 heavy (non-hydrogen) atoms. The quantitative estimate of drug-likeness (QED) is 0.737. The van der Waals surface area contributed by atoms with Crippen LogP contribution in [0.5, 0.6) is 0 Å². The predicted octanol–water partition coefficient (Wildman–Crippen LogP) is 4.13. The Kier molecular flexibility index (Phi) is 2.56. The molecule has 0 saturated heterocycles. The van der Waals surface area contributed by atoms with E-state index in [2.05, 4.69) is 35.0 Å². The molecular weight excluding hydrogens is 248 g/mol. The number of aryl methyl sites for hydroxylation is 1. The van der Waals surface area contributed by atoms with Gasteiger partial charge in [-0.25, -0.2) is 0 Å². The smallest absolute Gasteiger partial charge is 0.0949 e. The number of halogens is 1. The number of alkyl halides is 1. The summed E-state index contributed by atoms with van der Waals surface area (Å²) in [5.41, 5.74) is 1.17. The Morgan fingerprint density at radius 2 is 2.23 bits per heavy atom. The predicted molar refractivity (Wildman–Crippen MR) is 58.5 cm³/mol. The zero-order chi connectivity index (χ0) is 9.26. The van der Waals surface area contributed by atoms with Crippen molar-refractivity contribution in [3.05, 3.63) is 46.0 Å². The van der Waals surface area contributed by atoms with E-state index in [9.17, 15) is 0 Å². The summed E-state index contributed by atoms with van der Waals surface area (Å²) in [5, 5.41) is 0. The van der Waals surface area contributed by atoms with Crippen molar-refractivity contribution in [1.82, 2.24) is 0 Å². The second-order valence-corrected chi connectivity index (χ2v) is 5.10. The summed E-state index contributed by atoms with van der Waals surface area (Å²) in [4.78, 5) is 2.92. The summed E-state index contributed by atoms with van der Waals surface area (Å²) in [6.07, 6.45) is 3.47. The van der Waals surface area contributed by atoms with Gasteiger partial charge < -0.3 is 4.42 Å². The molecule has 0 aromatic carbocycles. The van der Waals surface area contributed by atoms with Gasteiger partial charge in [-0.1, -0.05) is 15.9 Å². The summed E-state index contributed by atoms with van der Waals surface area (Å²) < 4.78 is 5.04. The van der Waals surface area contributed by atoms with Crippen LogP contribution in [0.1, 0.15) is 20.1 Å². The maximum atomic E-state index is 5.04. The van der Waals surface area contributed by atoms with E-state index in [0.29, 0.717) is 0 Å². The minimum absolute atomic E-state index is 0.268. The monoisotopic (exact) mass is 256 g/mol. The van der Waals surface area contributed by atoms with Crippen molar-refractivity contribution in [1.29, 1.82) is 0 Å². The third-order valence-electron chi connectivity index (χ3n) is 1.85. The highest BCUT2D eigenvalue weighted by atomic mass is 79.9. The fourth-order valence-corrected chi connectivity index (χ4v) is 2.75. The van der Waals surface area contributed by atoms with Crippen LogP contribution in [0.4, 0.5) is 0 Å². The van der Waals surface area contributed by atoms with Gasteiger partial charge in [-0.15, -0.1) is 11.3 Å². The van der Waals surface area contributed by atoms with E-state index >= 15 is 0 Å². The van der Waals surface area contributed by atoms with Gasteiger partial charge >= 0.3 is 0 Å². The van der Waals surface area contributed by atoms with E-state index in [4.69, 9.17) is 4.42 Å². The molecule has 0 aliphatic heterocycles. The van der Waals surface area contributed by atoms with Crippen molar-refractivity contribution in [2.24, 2.45) is 0 Å². The molecular formula is C10H9BrOS. The lowest BCUT2D eigenvalue weighted by atomic mass is 10.2. The molecule has 0 radical (unpaired) electrons. The Balaban J connectivity index is 2.28. The lowest BCUT2D eigenvalue weighted by Crippen LogP contribution is -1.84. The van der Waals surface area contributed by atoms with Gasteiger partial charge in [0.05, 0.1) is 17.4 Å². The molecule has 0 fully saturated rings. The SMILES string of the molecule is Cc1ccc(C(Br)c2ccoc2)s1. The third kappa shape index (κ3) is 1.86. The van der Waals surface area contributed by atoms with Gasteiger partial charge in [0.15, 0.2) is 0 Å². The fraction of sp³-hybridized carbons (Fsp3) is 0.200. The zero-order valence-electron chi connectivity index (χ0n) is 7.16. The highest BCUT2D eigenvalue weighted by Gasteiger charge is 2.12. The fourth-order valence-electron chi connectivity index (χ4n) is 1.17. The first-order valence-corrected chi connectivity index (χ1v) is 5.73. The van der Waals surface area contributed by atoms with E-state index in [0.717, 1.165) is 0 Å². The van der Waals surface area contributed by atoms with Gasteiger partial charge in [-0.3, -0.25) is 0 Å². The summed E-state index contributed by atoms with van der Waals surface area (Å²) in [6.45, 7) is 2.11. The van der Waals surface area contributed by atoms with E-state index in [1.807, 2.05) is 6.07 Å². The standard InChI is InChI=1S/C10H9BrOS/c1-7-2-3-9(13-7)10(11)8-4-5-12-6-8/h2-6,10H,1H3. The number of hydrogen-bond donors (Lipinski definition) is 0. The van der Waals surface area contributed by atoms with Gasteiger partial charge in [0.1, 0.15) is 0 Å². The molecule has 0 aliphatic carbocycles. The minimum Gasteiger partial charge on any atom is -0.472 e. The van der Waals surface area contributed by atoms with Crippen LogP contribution in [0.25, 0.3) is 0 Å². The maximum absolute atomic E-state index is 5.04. The second kappa shape index (κ2) is 3.68. The number of furan rings is 1. The number of rotatable bonds is 2. The van der Waals surface area contributed by atoms with Crippen LogP contribution in [-0.2, 0) is 0 Å². The third-order valence-corrected chi connectivity index (χ3v) is 4.24. The average Bonchev–Trinajstić information content (AvgIpc) is 2.72. The lowest BCUT2D eigenvalue weighted by molar-refractivity contribution is 0.564. The Morgan fingerprint density at radius 3 is 2.77 bits per heavy atom. The maximum Gasteiger partial charge on any atom is 0.0949 e. The molecule has 1 unspecified atom stereocenters. The highest BCUT2D eigenvalue weighted by Crippen LogP contribution is 2.35. The molecule has 2 aromatic heterocycles. The molecule has 0 bridgehead atoms. The minimum atomic E-state index is 0.268. The second-order valence-electron chi connectivity index (χ2n) is 2.87. The van der Waals surface area contributed by atoms with E-state index < -0.39 is 0 Å². The summed E-state index contributed by atoms with van der Waals surface area (Å²) >= 11 is 5.44. The van der Waals surface area contributed by atoms with Gasteiger partial charge in [0, 0.05) is 15.3 Å². The van der Waals surface area contributed by atoms with Crippen LogP contribution >= 0.6 is 27.3 Å². The van der Waals surface area contributed by atoms with Crippen LogP contribution in [0.2, 0.25) is 0 Å². The first kappa shape index (κ1) is 9.03. The lowest BCUT2D eigenvalue weighted by Gasteiger charge is -2.02. The largest absolute Gasteiger partial charge is 0.472 e. The molecule has 0 amide bonds. The number of thiophene rings is 1. The van der Waals surface area contributed by atoms with Gasteiger partial charge in [0.2, 0.25) is 0 Å². The normalized spacial score (nSPS) is 13.1. The number of hydrogen-bond acceptors (Lipinski definition) is 2. The summed E-state index contributed by atoms with van der Waals surface area (Å²) in [7, 11) is 0. The molecule has 1 nitrogen and oxygen atoms in total. The molecule has 2 heterocycles. The summed E-state index contributed by atoms with van der Waals surface area (Å²) in [6, 6.07) is 6.26. The van der Waals surface area contributed by atoms with E-state index in [1.54, 1.807) is 23.9 Å². The first-order chi connectivity index (χ1) is 6.27. The molecule has 3 heteroatoms. The molecule has 2 rings (SSSR count). The molecule has 1 atom stereocenters. The van der Waals surface area contributed by atoms with Crippen LogP contribution in [-0.4, -0.2) is 0 Å². The summed E-state index contributed by atoms with van der Waals surface area (Å²) in [5.74, 6) is 0. The van der Waals surface area contributed by atoms with Crippen LogP contribution in [0.3, 0.4) is 0 Å². The van der Waals surface area contributed by atoms with Crippen molar-refractivity contribution in [2.75, 3.05) is 0 Å². The first-order valence-electron chi connectivity index (χ1n) is 4.00. The van der Waals surface area contributed by atoms with Crippen LogP contribution < -0.4 is 0 Å². The van der Waals surface area contributed by atoms with Crippen molar-refractivity contribution in [3.63, 3.8) is 0 Å². The van der Waals surface area contributed by atoms with Crippen molar-refractivity contribution >= 4 is 27.3 Å². The van der Waals surface area contributed by atoms with Crippen molar-refractivity contribution < 1.29 is 4.42 Å². The van der Waals surface area contributed by atoms with Gasteiger partial charge in [-0.2, -0.15) is 0 Å². The van der Waals surface area contributed by atoms with E-state index in [-0.39, 0.29) is 4.83 Å². The van der Waals surface area contributed by atoms with Crippen molar-refractivity contribution in [3.8, 4) is 0 Å². The topological polar surface area (TPSA) is 13.1 Å². The highest BCUT2D eigenvalue weighted by molar-refractivity contribution is 9.09. The molecule has 68 valence electrons. The average molecular weight is 257 g/mol. The Morgan fingerprint density at radius 1 is 1.38 bits per heavy atom. The van der Waals surface area contributed by atoms with Crippen molar-refractivity contribution in [2.45, 2.75) is 11.8 Å². The Hall–Kier alpha value is -0.540. The zero-order valence-corrected chi connectivity index (χ0v) is 9.56. The van der Waals surface area contributed by atoms with Crippen LogP contribution in [0, 0.1) is 6.92 Å².